The molecule has 1 N–H and O–H groups in total. The van der Waals surface area contributed by atoms with Crippen LogP contribution in [0, 0.1) is 5.82 Å². The number of nitrogens with zero attached hydrogens (tertiary/aromatic N) is 2. The third-order valence-corrected chi connectivity index (χ3v) is 7.24. The number of likely N-dealkylation sites (N-methyl/N-ethyl adjacent to an activating group) is 1. The van der Waals surface area contributed by atoms with E-state index in [0.29, 0.717) is 30.2 Å². The molecular formula is C33H38FN3O6. The molecule has 3 aromatic rings. The molecule has 0 saturated heterocycles. The topological polar surface area (TPSA) is 91.3 Å². The Labute approximate surface area is 251 Å². The largest absolute Gasteiger partial charge is 0.493 e. The number of hydrogen-bond acceptors (Lipinski definition) is 7. The van der Waals surface area contributed by atoms with Gasteiger partial charge in [0.05, 0.1) is 27.2 Å². The molecule has 1 heterocycles. The number of esters is 1. The number of nitrogens with one attached hydrogen (secondary N) is 1. The second-order valence-electron chi connectivity index (χ2n) is 10.5. The molecule has 2 aromatic carbocycles. The second-order valence-corrected chi connectivity index (χ2v) is 10.5. The lowest BCUT2D eigenvalue weighted by Crippen LogP contribution is -2.23. The van der Waals surface area contributed by atoms with E-state index >= 15 is 0 Å². The Hall–Kier alpha value is -4.57. The fourth-order valence-corrected chi connectivity index (χ4v) is 4.88. The van der Waals surface area contributed by atoms with E-state index in [4.69, 9.17) is 18.9 Å². The smallest absolute Gasteiger partial charge is 0.344 e. The predicted octanol–water partition coefficient (Wildman–Crippen LogP) is 4.70. The van der Waals surface area contributed by atoms with Gasteiger partial charge in [0.15, 0.2) is 18.1 Å². The molecule has 0 atom stereocenters. The van der Waals surface area contributed by atoms with Gasteiger partial charge in [-0.1, -0.05) is 6.07 Å². The molecule has 0 bridgehead atoms. The highest BCUT2D eigenvalue weighted by atomic mass is 19.1. The van der Waals surface area contributed by atoms with Crippen LogP contribution in [0.1, 0.15) is 35.7 Å². The number of allylic oxidation sites excluding steroid dienone is 2. The molecule has 1 aliphatic rings. The number of ether oxygens (including phenoxy) is 4. The van der Waals surface area contributed by atoms with Gasteiger partial charge in [0, 0.05) is 25.5 Å². The summed E-state index contributed by atoms with van der Waals surface area (Å²) in [6.07, 6.45) is 3.96. The molecule has 9 nitrogen and oxygen atoms in total. The summed E-state index contributed by atoms with van der Waals surface area (Å²) in [4.78, 5) is 27.0. The Morgan fingerprint density at radius 1 is 1.05 bits per heavy atom. The summed E-state index contributed by atoms with van der Waals surface area (Å²) in [6, 6.07) is 12.0. The number of aromatic nitrogens is 1. The van der Waals surface area contributed by atoms with E-state index in [1.165, 1.54) is 26.4 Å². The molecule has 0 fully saturated rings. The average Bonchev–Trinajstić information content (AvgIpc) is 3.50. The third kappa shape index (κ3) is 7.64. The van der Waals surface area contributed by atoms with Gasteiger partial charge in [-0.2, -0.15) is 0 Å². The first-order valence-corrected chi connectivity index (χ1v) is 13.9. The van der Waals surface area contributed by atoms with Crippen LogP contribution in [-0.4, -0.2) is 69.4 Å². The molecule has 1 amide bonds. The van der Waals surface area contributed by atoms with E-state index in [2.05, 4.69) is 5.32 Å². The molecule has 0 aliphatic heterocycles. The number of carbonyl (C=O) groups excluding carboxylic acids is 2. The highest BCUT2D eigenvalue weighted by molar-refractivity contribution is 6.08. The van der Waals surface area contributed by atoms with Crippen molar-refractivity contribution in [3.05, 3.63) is 82.4 Å². The minimum absolute atomic E-state index is 0.105. The van der Waals surface area contributed by atoms with E-state index in [9.17, 15) is 14.0 Å². The molecule has 0 saturated carbocycles. The van der Waals surface area contributed by atoms with Crippen LogP contribution in [0.2, 0.25) is 0 Å². The maximum atomic E-state index is 14.4. The number of rotatable bonds is 13. The van der Waals surface area contributed by atoms with Crippen LogP contribution in [0.4, 0.5) is 4.39 Å². The van der Waals surface area contributed by atoms with Crippen LogP contribution in [-0.2, 0) is 27.9 Å². The molecule has 1 aromatic heterocycles. The fraction of sp³-hybridized carbons (Fsp3) is 0.333. The van der Waals surface area contributed by atoms with Gasteiger partial charge in [0.25, 0.3) is 0 Å². The average molecular weight is 592 g/mol. The SMILES string of the molecule is COc1cc(/C=C2/C(C)=C(CC(=O)NCc3cccn3C)c3cc(F)ccc32)cc(OC)c1OCC(=O)OCCN(C)C. The van der Waals surface area contributed by atoms with Gasteiger partial charge in [-0.15, -0.1) is 0 Å². The third-order valence-electron chi connectivity index (χ3n) is 7.24. The van der Waals surface area contributed by atoms with Crippen LogP contribution in [0.25, 0.3) is 17.2 Å². The Morgan fingerprint density at radius 2 is 1.77 bits per heavy atom. The highest BCUT2D eigenvalue weighted by Crippen LogP contribution is 2.45. The summed E-state index contributed by atoms with van der Waals surface area (Å²) < 4.78 is 38.4. The number of benzene rings is 2. The predicted molar refractivity (Wildman–Crippen MR) is 163 cm³/mol. The molecule has 1 aliphatic carbocycles. The lowest BCUT2D eigenvalue weighted by atomic mass is 10.00. The zero-order chi connectivity index (χ0) is 31.1. The Balaban J connectivity index is 1.59. The molecule has 43 heavy (non-hydrogen) atoms. The number of aryl methyl sites for hydroxylation is 1. The van der Waals surface area contributed by atoms with Crippen LogP contribution >= 0.6 is 0 Å². The quantitative estimate of drug-likeness (QED) is 0.288. The lowest BCUT2D eigenvalue weighted by Gasteiger charge is -2.16. The summed E-state index contributed by atoms with van der Waals surface area (Å²) in [6.45, 7) is 2.87. The zero-order valence-corrected chi connectivity index (χ0v) is 25.5. The first-order valence-electron chi connectivity index (χ1n) is 13.9. The first kappa shape index (κ1) is 31.4. The summed E-state index contributed by atoms with van der Waals surface area (Å²) >= 11 is 0. The highest BCUT2D eigenvalue weighted by Gasteiger charge is 2.26. The summed E-state index contributed by atoms with van der Waals surface area (Å²) in [5.74, 6) is -0.0314. The Morgan fingerprint density at radius 3 is 2.40 bits per heavy atom. The van der Waals surface area contributed by atoms with Crippen LogP contribution in [0.3, 0.4) is 0 Å². The number of hydrogen-bond donors (Lipinski definition) is 1. The Kier molecular flexibility index (Phi) is 10.3. The number of amides is 1. The van der Waals surface area contributed by atoms with Crippen LogP contribution in [0.5, 0.6) is 17.2 Å². The molecule has 0 unspecified atom stereocenters. The van der Waals surface area contributed by atoms with Crippen molar-refractivity contribution in [2.24, 2.45) is 7.05 Å². The Bertz CT molecular complexity index is 1530. The van der Waals surface area contributed by atoms with Gasteiger partial charge in [-0.3, -0.25) is 4.79 Å². The maximum absolute atomic E-state index is 14.4. The first-order chi connectivity index (χ1) is 20.6. The molecule has 0 spiro atoms. The van der Waals surface area contributed by atoms with E-state index < -0.39 is 5.97 Å². The minimum atomic E-state index is -0.507. The van der Waals surface area contributed by atoms with Crippen molar-refractivity contribution in [2.45, 2.75) is 19.9 Å². The van der Waals surface area contributed by atoms with Crippen molar-refractivity contribution in [2.75, 3.05) is 48.1 Å². The van der Waals surface area contributed by atoms with E-state index in [-0.39, 0.29) is 37.1 Å². The van der Waals surface area contributed by atoms with Gasteiger partial charge in [0.2, 0.25) is 11.7 Å². The standard InChI is InChI=1S/C33H38FN3O6/c1-21-26(14-22-15-29(40-5)33(30(16-22)41-6)43-20-32(39)42-13-12-36(2)3)25-10-9-23(34)17-28(25)27(21)18-31(38)35-19-24-8-7-11-37(24)4/h7-11,14-17H,12-13,18-20H2,1-6H3,(H,35,38)/b26-14-. The summed E-state index contributed by atoms with van der Waals surface area (Å²) in [5, 5.41) is 2.97. The summed E-state index contributed by atoms with van der Waals surface area (Å²) in [5.41, 5.74) is 5.70. The van der Waals surface area contributed by atoms with Gasteiger partial charge in [-0.05, 0) is 96.9 Å². The van der Waals surface area contributed by atoms with E-state index in [0.717, 1.165) is 33.5 Å². The van der Waals surface area contributed by atoms with Crippen molar-refractivity contribution < 1.29 is 32.9 Å². The van der Waals surface area contributed by atoms with Gasteiger partial charge >= 0.3 is 5.97 Å². The van der Waals surface area contributed by atoms with Crippen molar-refractivity contribution in [1.29, 1.82) is 0 Å². The molecular weight excluding hydrogens is 553 g/mol. The fourth-order valence-electron chi connectivity index (χ4n) is 4.88. The van der Waals surface area contributed by atoms with Crippen molar-refractivity contribution in [3.8, 4) is 17.2 Å². The maximum Gasteiger partial charge on any atom is 0.344 e. The normalized spacial score (nSPS) is 13.3. The number of fused-ring (bicyclic) bond motifs is 1. The van der Waals surface area contributed by atoms with Crippen molar-refractivity contribution >= 4 is 29.1 Å². The van der Waals surface area contributed by atoms with Crippen molar-refractivity contribution in [1.82, 2.24) is 14.8 Å². The van der Waals surface area contributed by atoms with Crippen LogP contribution < -0.4 is 19.5 Å². The lowest BCUT2D eigenvalue weighted by molar-refractivity contribution is -0.146. The number of halogens is 1. The van der Waals surface area contributed by atoms with Gasteiger partial charge < -0.3 is 33.7 Å². The zero-order valence-electron chi connectivity index (χ0n) is 25.5. The summed E-state index contributed by atoms with van der Waals surface area (Å²) in [7, 11) is 8.70. The minimum Gasteiger partial charge on any atom is -0.493 e. The monoisotopic (exact) mass is 591 g/mol. The number of carbonyl (C=O) groups is 2. The van der Waals surface area contributed by atoms with Gasteiger partial charge in [-0.25, -0.2) is 9.18 Å². The van der Waals surface area contributed by atoms with Crippen LogP contribution in [0.15, 0.2) is 54.2 Å². The second kappa shape index (κ2) is 14.1. The van der Waals surface area contributed by atoms with E-state index in [1.807, 2.05) is 61.9 Å². The molecule has 4 rings (SSSR count). The van der Waals surface area contributed by atoms with Gasteiger partial charge in [0.1, 0.15) is 12.4 Å². The number of methoxy groups -OCH3 is 2. The molecule has 228 valence electrons. The van der Waals surface area contributed by atoms with E-state index in [1.54, 1.807) is 18.2 Å². The molecule has 10 heteroatoms. The van der Waals surface area contributed by atoms with Crippen molar-refractivity contribution in [3.63, 3.8) is 0 Å². The molecule has 0 radical (unpaired) electrons.